The standard InChI is InChI=1S/C13H16N2O2/c1-13(2,12(16)17)7-9-4-5-11-10(6-9)8-14-15(11)3/h4-6,8H,7H2,1-3H3,(H,16,17). The summed E-state index contributed by atoms with van der Waals surface area (Å²) in [7, 11) is 1.89. The van der Waals surface area contributed by atoms with Crippen LogP contribution in [0, 0.1) is 5.41 Å². The molecule has 0 saturated heterocycles. The molecule has 0 fully saturated rings. The van der Waals surface area contributed by atoms with E-state index in [0.717, 1.165) is 16.5 Å². The van der Waals surface area contributed by atoms with Crippen LogP contribution >= 0.6 is 0 Å². The number of carbonyl (C=O) groups is 1. The number of nitrogens with zero attached hydrogens (tertiary/aromatic N) is 2. The molecule has 1 aromatic carbocycles. The highest BCUT2D eigenvalue weighted by Gasteiger charge is 2.27. The average molecular weight is 232 g/mol. The van der Waals surface area contributed by atoms with Gasteiger partial charge in [-0.25, -0.2) is 0 Å². The first-order valence-corrected chi connectivity index (χ1v) is 5.54. The van der Waals surface area contributed by atoms with Crippen LogP contribution in [0.15, 0.2) is 24.4 Å². The fourth-order valence-corrected chi connectivity index (χ4v) is 1.91. The summed E-state index contributed by atoms with van der Waals surface area (Å²) in [6, 6.07) is 5.96. The Bertz CT molecular complexity index is 570. The predicted octanol–water partition coefficient (Wildman–Crippen LogP) is 2.23. The van der Waals surface area contributed by atoms with Gasteiger partial charge in [0, 0.05) is 12.4 Å². The summed E-state index contributed by atoms with van der Waals surface area (Å²) in [5.41, 5.74) is 1.34. The molecule has 4 nitrogen and oxygen atoms in total. The van der Waals surface area contributed by atoms with Crippen molar-refractivity contribution in [2.24, 2.45) is 12.5 Å². The Balaban J connectivity index is 2.34. The van der Waals surface area contributed by atoms with Crippen molar-refractivity contribution >= 4 is 16.9 Å². The monoisotopic (exact) mass is 232 g/mol. The summed E-state index contributed by atoms with van der Waals surface area (Å²) in [6.07, 6.45) is 2.32. The summed E-state index contributed by atoms with van der Waals surface area (Å²) in [5.74, 6) is -0.774. The summed E-state index contributed by atoms with van der Waals surface area (Å²) in [6.45, 7) is 3.48. The second-order valence-corrected chi connectivity index (χ2v) is 5.03. The van der Waals surface area contributed by atoms with Crippen molar-refractivity contribution in [3.63, 3.8) is 0 Å². The Morgan fingerprint density at radius 3 is 2.82 bits per heavy atom. The molecule has 0 unspecified atom stereocenters. The lowest BCUT2D eigenvalue weighted by Crippen LogP contribution is -2.26. The van der Waals surface area contributed by atoms with E-state index in [1.165, 1.54) is 0 Å². The topological polar surface area (TPSA) is 55.1 Å². The van der Waals surface area contributed by atoms with Crippen molar-refractivity contribution in [2.45, 2.75) is 20.3 Å². The van der Waals surface area contributed by atoms with E-state index in [0.29, 0.717) is 6.42 Å². The zero-order chi connectivity index (χ0) is 12.6. The smallest absolute Gasteiger partial charge is 0.309 e. The lowest BCUT2D eigenvalue weighted by molar-refractivity contribution is -0.146. The molecule has 1 N–H and O–H groups in total. The van der Waals surface area contributed by atoms with Crippen LogP contribution in [-0.2, 0) is 18.3 Å². The van der Waals surface area contributed by atoms with E-state index in [-0.39, 0.29) is 0 Å². The fourth-order valence-electron chi connectivity index (χ4n) is 1.91. The number of rotatable bonds is 3. The first-order chi connectivity index (χ1) is 7.90. The van der Waals surface area contributed by atoms with Crippen LogP contribution in [0.3, 0.4) is 0 Å². The minimum absolute atomic E-state index is 0.521. The molecule has 4 heteroatoms. The lowest BCUT2D eigenvalue weighted by atomic mass is 9.86. The first-order valence-electron chi connectivity index (χ1n) is 5.54. The Morgan fingerprint density at radius 1 is 1.47 bits per heavy atom. The van der Waals surface area contributed by atoms with Gasteiger partial charge in [0.05, 0.1) is 17.1 Å². The minimum atomic E-state index is -0.774. The number of carboxylic acid groups (broad SMARTS) is 1. The van der Waals surface area contributed by atoms with Crippen molar-refractivity contribution in [3.05, 3.63) is 30.0 Å². The van der Waals surface area contributed by atoms with Gasteiger partial charge < -0.3 is 5.11 Å². The van der Waals surface area contributed by atoms with Gasteiger partial charge in [-0.2, -0.15) is 5.10 Å². The van der Waals surface area contributed by atoms with Crippen molar-refractivity contribution in [1.82, 2.24) is 9.78 Å². The third-order valence-electron chi connectivity index (χ3n) is 3.04. The second kappa shape index (κ2) is 3.87. The highest BCUT2D eigenvalue weighted by molar-refractivity contribution is 5.80. The average Bonchev–Trinajstić information content (AvgIpc) is 2.59. The minimum Gasteiger partial charge on any atom is -0.481 e. The van der Waals surface area contributed by atoms with Crippen LogP contribution in [0.2, 0.25) is 0 Å². The molecular formula is C13H16N2O2. The normalized spacial score (nSPS) is 11.9. The van der Waals surface area contributed by atoms with Crippen LogP contribution in [0.25, 0.3) is 10.9 Å². The van der Waals surface area contributed by atoms with Gasteiger partial charge >= 0.3 is 5.97 Å². The number of aliphatic carboxylic acids is 1. The first kappa shape index (κ1) is 11.6. The lowest BCUT2D eigenvalue weighted by Gasteiger charge is -2.18. The maximum Gasteiger partial charge on any atom is 0.309 e. The number of hydrogen-bond donors (Lipinski definition) is 1. The summed E-state index contributed by atoms with van der Waals surface area (Å²) < 4.78 is 1.81. The van der Waals surface area contributed by atoms with Gasteiger partial charge in [-0.3, -0.25) is 9.48 Å². The van der Waals surface area contributed by atoms with Crippen molar-refractivity contribution in [3.8, 4) is 0 Å². The quantitative estimate of drug-likeness (QED) is 0.882. The molecule has 2 aromatic rings. The van der Waals surface area contributed by atoms with E-state index in [1.54, 1.807) is 24.7 Å². The summed E-state index contributed by atoms with van der Waals surface area (Å²) >= 11 is 0. The molecule has 0 atom stereocenters. The van der Waals surface area contributed by atoms with E-state index in [4.69, 9.17) is 5.11 Å². The van der Waals surface area contributed by atoms with Crippen LogP contribution in [-0.4, -0.2) is 20.9 Å². The van der Waals surface area contributed by atoms with E-state index in [2.05, 4.69) is 5.10 Å². The van der Waals surface area contributed by atoms with Crippen molar-refractivity contribution in [1.29, 1.82) is 0 Å². The molecule has 17 heavy (non-hydrogen) atoms. The molecule has 0 amide bonds. The molecule has 90 valence electrons. The number of aromatic nitrogens is 2. The number of hydrogen-bond acceptors (Lipinski definition) is 2. The number of fused-ring (bicyclic) bond motifs is 1. The molecule has 1 heterocycles. The molecular weight excluding hydrogens is 216 g/mol. The SMILES string of the molecule is Cn1ncc2cc(CC(C)(C)C(=O)O)ccc21. The second-order valence-electron chi connectivity index (χ2n) is 5.03. The van der Waals surface area contributed by atoms with E-state index < -0.39 is 11.4 Å². The van der Waals surface area contributed by atoms with Crippen molar-refractivity contribution in [2.75, 3.05) is 0 Å². The number of benzene rings is 1. The van der Waals surface area contributed by atoms with Gasteiger partial charge in [0.25, 0.3) is 0 Å². The van der Waals surface area contributed by atoms with E-state index >= 15 is 0 Å². The summed E-state index contributed by atoms with van der Waals surface area (Å²) in [4.78, 5) is 11.1. The molecule has 2 rings (SSSR count). The van der Waals surface area contributed by atoms with Gasteiger partial charge in [0.1, 0.15) is 0 Å². The van der Waals surface area contributed by atoms with Crippen LogP contribution in [0.1, 0.15) is 19.4 Å². The zero-order valence-corrected chi connectivity index (χ0v) is 10.3. The highest BCUT2D eigenvalue weighted by atomic mass is 16.4. The molecule has 1 aromatic heterocycles. The third-order valence-corrected chi connectivity index (χ3v) is 3.04. The Hall–Kier alpha value is -1.84. The highest BCUT2D eigenvalue weighted by Crippen LogP contribution is 2.24. The van der Waals surface area contributed by atoms with E-state index in [1.807, 2.05) is 25.2 Å². The van der Waals surface area contributed by atoms with Crippen LogP contribution in [0.5, 0.6) is 0 Å². The van der Waals surface area contributed by atoms with Crippen molar-refractivity contribution < 1.29 is 9.90 Å². The van der Waals surface area contributed by atoms with Crippen LogP contribution < -0.4 is 0 Å². The summed E-state index contributed by atoms with van der Waals surface area (Å²) in [5, 5.41) is 14.3. The molecule has 0 saturated carbocycles. The third kappa shape index (κ3) is 2.16. The predicted molar refractivity (Wildman–Crippen MR) is 65.8 cm³/mol. The molecule has 0 aliphatic carbocycles. The van der Waals surface area contributed by atoms with Gasteiger partial charge in [-0.1, -0.05) is 6.07 Å². The van der Waals surface area contributed by atoms with Gasteiger partial charge in [0.15, 0.2) is 0 Å². The molecule has 0 spiro atoms. The number of aryl methyl sites for hydroxylation is 1. The Labute approximate surface area is 99.9 Å². The Kier molecular flexibility index (Phi) is 2.65. The zero-order valence-electron chi connectivity index (χ0n) is 10.3. The van der Waals surface area contributed by atoms with Crippen LogP contribution in [0.4, 0.5) is 0 Å². The molecule has 0 bridgehead atoms. The molecule has 0 aliphatic rings. The van der Waals surface area contributed by atoms with Gasteiger partial charge in [-0.15, -0.1) is 0 Å². The fraction of sp³-hybridized carbons (Fsp3) is 0.385. The largest absolute Gasteiger partial charge is 0.481 e. The van der Waals surface area contributed by atoms with E-state index in [9.17, 15) is 4.79 Å². The maximum atomic E-state index is 11.1. The number of carboxylic acids is 1. The molecule has 0 radical (unpaired) electrons. The molecule has 0 aliphatic heterocycles. The maximum absolute atomic E-state index is 11.1. The Morgan fingerprint density at radius 2 is 2.18 bits per heavy atom. The van der Waals surface area contributed by atoms with Gasteiger partial charge in [0.2, 0.25) is 0 Å². The van der Waals surface area contributed by atoms with Gasteiger partial charge in [-0.05, 0) is 38.0 Å².